The summed E-state index contributed by atoms with van der Waals surface area (Å²) < 4.78 is 6.73. The highest BCUT2D eigenvalue weighted by Crippen LogP contribution is 2.61. The number of aliphatic hydroxyl groups excluding tert-OH is 1. The average Bonchev–Trinajstić information content (AvgIpc) is 3.23. The smallest absolute Gasteiger partial charge is 0.224 e. The zero-order chi connectivity index (χ0) is 27.0. The summed E-state index contributed by atoms with van der Waals surface area (Å²) in [4.78, 5) is 15.0. The second-order valence-corrected chi connectivity index (χ2v) is 12.8. The third-order valence-electron chi connectivity index (χ3n) is 10.4. The van der Waals surface area contributed by atoms with E-state index in [2.05, 4.69) is 23.2 Å². The summed E-state index contributed by atoms with van der Waals surface area (Å²) in [5, 5.41) is 24.2. The molecule has 2 aromatic carbocycles. The first-order valence-corrected chi connectivity index (χ1v) is 15.2. The Balaban J connectivity index is 1.13. The van der Waals surface area contributed by atoms with Crippen LogP contribution in [0.1, 0.15) is 81.8 Å². The third kappa shape index (κ3) is 5.43. The zero-order valence-corrected chi connectivity index (χ0v) is 23.3. The van der Waals surface area contributed by atoms with Crippen molar-refractivity contribution in [2.75, 3.05) is 25.0 Å². The number of fused-ring (bicyclic) bond motifs is 5. The number of nitrogens with zero attached hydrogens (tertiary/aromatic N) is 1. The molecule has 6 rings (SSSR count). The molecule has 6 heteroatoms. The Bertz CT molecular complexity index is 1160. The lowest BCUT2D eigenvalue weighted by Gasteiger charge is -2.53. The Morgan fingerprint density at radius 1 is 1.08 bits per heavy atom. The molecule has 1 aliphatic heterocycles. The van der Waals surface area contributed by atoms with E-state index in [-0.39, 0.29) is 29.4 Å². The van der Waals surface area contributed by atoms with Gasteiger partial charge in [-0.25, -0.2) is 0 Å². The molecule has 2 saturated carbocycles. The molecule has 3 N–H and O–H groups in total. The van der Waals surface area contributed by atoms with Crippen LogP contribution < -0.4 is 10.1 Å². The quantitative estimate of drug-likeness (QED) is 0.415. The Kier molecular flexibility index (Phi) is 7.60. The van der Waals surface area contributed by atoms with Gasteiger partial charge in [0.05, 0.1) is 6.10 Å². The van der Waals surface area contributed by atoms with Crippen LogP contribution in [0.2, 0.25) is 0 Å². The zero-order valence-electron chi connectivity index (χ0n) is 23.3. The lowest BCUT2D eigenvalue weighted by Crippen LogP contribution is -2.51. The van der Waals surface area contributed by atoms with Crippen LogP contribution in [0, 0.1) is 17.3 Å². The maximum Gasteiger partial charge on any atom is 0.224 e. The molecule has 6 nitrogen and oxygen atoms in total. The number of nitrogens with one attached hydrogen (secondary N) is 1. The molecule has 6 atom stereocenters. The number of anilines is 1. The monoisotopic (exact) mass is 532 g/mol. The van der Waals surface area contributed by atoms with E-state index in [1.165, 1.54) is 43.5 Å². The summed E-state index contributed by atoms with van der Waals surface area (Å²) in [5.74, 6) is 2.38. The number of hydrogen-bond donors (Lipinski definition) is 3. The second-order valence-electron chi connectivity index (χ2n) is 12.8. The summed E-state index contributed by atoms with van der Waals surface area (Å²) in [6.07, 6.45) is 9.76. The molecule has 0 bridgehead atoms. The number of carbonyl (C=O) groups is 1. The van der Waals surface area contributed by atoms with Gasteiger partial charge in [-0.15, -0.1) is 0 Å². The minimum Gasteiger partial charge on any atom is -0.508 e. The molecule has 2 aromatic rings. The SMILES string of the molecule is C[C@]12C[C@H](Oc3ccc(NC(=O)CCCN4CCCCC4)cc3)[C@@H]3c4ccc(O)cc4CC[C@H]3[C@@H]1CC[C@@H]2O. The number of aryl methyl sites for hydroxylation is 1. The van der Waals surface area contributed by atoms with Crippen molar-refractivity contribution in [1.82, 2.24) is 4.90 Å². The standard InChI is InChI=1S/C33H44N2O4/c1-33-21-29(32-26-14-10-24(36)20-22(26)7-13-27(32)28(33)15-16-30(33)37)39-25-11-8-23(9-12-25)34-31(38)6-5-19-35-17-3-2-4-18-35/h8-12,14,20,27-30,32,36-37H,2-7,13,15-19,21H2,1H3,(H,34,38)/t27-,28-,29-,30-,32+,33-/m0/s1. The number of ether oxygens (including phenoxy) is 1. The molecular weight excluding hydrogens is 488 g/mol. The van der Waals surface area contributed by atoms with Gasteiger partial charge in [0.15, 0.2) is 0 Å². The number of benzene rings is 2. The minimum absolute atomic E-state index is 0.0529. The van der Waals surface area contributed by atoms with Crippen LogP contribution in [0.4, 0.5) is 5.69 Å². The van der Waals surface area contributed by atoms with Crippen molar-refractivity contribution in [1.29, 1.82) is 0 Å². The number of phenolic OH excluding ortho intramolecular Hbond substituents is 1. The number of rotatable bonds is 7. The number of likely N-dealkylation sites (tertiary alicyclic amines) is 1. The molecule has 0 spiro atoms. The molecule has 0 aromatic heterocycles. The molecule has 0 radical (unpaired) electrons. The Morgan fingerprint density at radius 3 is 2.67 bits per heavy atom. The molecule has 39 heavy (non-hydrogen) atoms. The number of aromatic hydroxyl groups is 1. The molecular formula is C33H44N2O4. The van der Waals surface area contributed by atoms with E-state index in [0.29, 0.717) is 24.0 Å². The summed E-state index contributed by atoms with van der Waals surface area (Å²) in [6.45, 7) is 5.59. The van der Waals surface area contributed by atoms with Crippen molar-refractivity contribution in [2.45, 2.75) is 89.3 Å². The number of amides is 1. The molecule has 210 valence electrons. The highest BCUT2D eigenvalue weighted by atomic mass is 16.5. The maximum absolute atomic E-state index is 12.5. The van der Waals surface area contributed by atoms with E-state index in [1.807, 2.05) is 30.3 Å². The molecule has 4 aliphatic rings. The predicted octanol–water partition coefficient (Wildman–Crippen LogP) is 5.87. The first-order valence-electron chi connectivity index (χ1n) is 15.2. The van der Waals surface area contributed by atoms with Gasteiger partial charge < -0.3 is 25.2 Å². The van der Waals surface area contributed by atoms with Crippen LogP contribution in [0.5, 0.6) is 11.5 Å². The second kappa shape index (κ2) is 11.1. The molecule has 3 aliphatic carbocycles. The first kappa shape index (κ1) is 26.6. The first-order chi connectivity index (χ1) is 18.9. The van der Waals surface area contributed by atoms with Crippen LogP contribution >= 0.6 is 0 Å². The average molecular weight is 533 g/mol. The summed E-state index contributed by atoms with van der Waals surface area (Å²) in [7, 11) is 0. The summed E-state index contributed by atoms with van der Waals surface area (Å²) in [5.41, 5.74) is 3.18. The van der Waals surface area contributed by atoms with Crippen LogP contribution in [0.3, 0.4) is 0 Å². The molecule has 1 heterocycles. The van der Waals surface area contributed by atoms with Crippen molar-refractivity contribution < 1.29 is 19.7 Å². The fraction of sp³-hybridized carbons (Fsp3) is 0.606. The van der Waals surface area contributed by atoms with Crippen LogP contribution in [-0.4, -0.2) is 52.9 Å². The van der Waals surface area contributed by atoms with Crippen LogP contribution in [0.15, 0.2) is 42.5 Å². The summed E-state index contributed by atoms with van der Waals surface area (Å²) in [6, 6.07) is 13.6. The Labute approximate surface area is 232 Å². The third-order valence-corrected chi connectivity index (χ3v) is 10.4. The minimum atomic E-state index is -0.289. The fourth-order valence-corrected chi connectivity index (χ4v) is 8.36. The van der Waals surface area contributed by atoms with Crippen molar-refractivity contribution in [3.05, 3.63) is 53.6 Å². The molecule has 3 fully saturated rings. The van der Waals surface area contributed by atoms with Crippen LogP contribution in [0.25, 0.3) is 0 Å². The summed E-state index contributed by atoms with van der Waals surface area (Å²) >= 11 is 0. The van der Waals surface area contributed by atoms with Crippen molar-refractivity contribution in [3.8, 4) is 11.5 Å². The number of phenols is 1. The van der Waals surface area contributed by atoms with Crippen molar-refractivity contribution in [2.24, 2.45) is 17.3 Å². The van der Waals surface area contributed by atoms with E-state index in [0.717, 1.165) is 56.5 Å². The Morgan fingerprint density at radius 2 is 1.87 bits per heavy atom. The van der Waals surface area contributed by atoms with Gasteiger partial charge in [-0.3, -0.25) is 4.79 Å². The number of carbonyl (C=O) groups excluding carboxylic acids is 1. The van der Waals surface area contributed by atoms with Crippen LogP contribution in [-0.2, 0) is 11.2 Å². The number of hydrogen-bond acceptors (Lipinski definition) is 5. The molecule has 0 unspecified atom stereocenters. The van der Waals surface area contributed by atoms with Gasteiger partial charge in [-0.2, -0.15) is 0 Å². The predicted molar refractivity (Wildman–Crippen MR) is 153 cm³/mol. The fourth-order valence-electron chi connectivity index (χ4n) is 8.36. The molecule has 1 amide bonds. The van der Waals surface area contributed by atoms with Gasteiger partial charge in [-0.1, -0.05) is 19.4 Å². The van der Waals surface area contributed by atoms with E-state index < -0.39 is 0 Å². The van der Waals surface area contributed by atoms with E-state index in [9.17, 15) is 15.0 Å². The van der Waals surface area contributed by atoms with Gasteiger partial charge >= 0.3 is 0 Å². The van der Waals surface area contributed by atoms with E-state index in [1.54, 1.807) is 6.07 Å². The van der Waals surface area contributed by atoms with Crippen molar-refractivity contribution in [3.63, 3.8) is 0 Å². The molecule has 1 saturated heterocycles. The lowest BCUT2D eigenvalue weighted by atomic mass is 9.54. The lowest BCUT2D eigenvalue weighted by molar-refractivity contribution is -0.116. The van der Waals surface area contributed by atoms with Gasteiger partial charge in [0, 0.05) is 23.4 Å². The normalized spacial score (nSPS) is 32.1. The highest BCUT2D eigenvalue weighted by molar-refractivity contribution is 5.90. The topological polar surface area (TPSA) is 82.0 Å². The van der Waals surface area contributed by atoms with Crippen molar-refractivity contribution >= 4 is 11.6 Å². The van der Waals surface area contributed by atoms with Gasteiger partial charge in [0.2, 0.25) is 5.91 Å². The van der Waals surface area contributed by atoms with Gasteiger partial charge in [0.25, 0.3) is 0 Å². The number of piperidine rings is 1. The maximum atomic E-state index is 12.5. The largest absolute Gasteiger partial charge is 0.508 e. The van der Waals surface area contributed by atoms with E-state index >= 15 is 0 Å². The number of aliphatic hydroxyl groups is 1. The highest BCUT2D eigenvalue weighted by Gasteiger charge is 2.58. The Hall–Kier alpha value is -2.57. The van der Waals surface area contributed by atoms with Gasteiger partial charge in [-0.05, 0) is 130 Å². The van der Waals surface area contributed by atoms with Gasteiger partial charge in [0.1, 0.15) is 17.6 Å². The van der Waals surface area contributed by atoms with E-state index in [4.69, 9.17) is 4.74 Å².